The third kappa shape index (κ3) is 1.93. The van der Waals surface area contributed by atoms with Gasteiger partial charge in [0.1, 0.15) is 5.60 Å². The van der Waals surface area contributed by atoms with Crippen LogP contribution in [0.5, 0.6) is 0 Å². The van der Waals surface area contributed by atoms with E-state index in [1.54, 1.807) is 0 Å². The summed E-state index contributed by atoms with van der Waals surface area (Å²) in [6.07, 6.45) is -1.21. The summed E-state index contributed by atoms with van der Waals surface area (Å²) in [5.41, 5.74) is -1.06. The van der Waals surface area contributed by atoms with Crippen molar-refractivity contribution in [1.82, 2.24) is 0 Å². The molecule has 2 aliphatic rings. The summed E-state index contributed by atoms with van der Waals surface area (Å²) in [5, 5.41) is 38.6. The van der Waals surface area contributed by atoms with Gasteiger partial charge in [0, 0.05) is 64.3 Å². The fourth-order valence-corrected chi connectivity index (χ4v) is 4.19. The van der Waals surface area contributed by atoms with Crippen molar-refractivity contribution in [2.45, 2.75) is 18.0 Å². The molecule has 20 heavy (non-hydrogen) atoms. The van der Waals surface area contributed by atoms with Gasteiger partial charge in [-0.05, 0) is 0 Å². The maximum Gasteiger partial charge on any atom is 0.186 e. The molecule has 7 nitrogen and oxygen atoms in total. The Bertz CT molecular complexity index is 300. The van der Waals surface area contributed by atoms with E-state index < -0.39 is 29.8 Å². The van der Waals surface area contributed by atoms with Gasteiger partial charge in [-0.2, -0.15) is 0 Å². The number of rotatable bonds is 7. The number of aliphatic hydroxyl groups excluding tert-OH is 4. The Morgan fingerprint density at radius 1 is 0.900 bits per heavy atom. The Morgan fingerprint density at radius 2 is 1.35 bits per heavy atom. The Kier molecular flexibility index (Phi) is 5.01. The lowest BCUT2D eigenvalue weighted by Gasteiger charge is -2.45. The highest BCUT2D eigenvalue weighted by atomic mass is 16.7. The highest BCUT2D eigenvalue weighted by Crippen LogP contribution is 2.58. The average molecular weight is 292 g/mol. The molecule has 118 valence electrons. The van der Waals surface area contributed by atoms with E-state index in [0.717, 1.165) is 0 Å². The molecule has 2 heterocycles. The van der Waals surface area contributed by atoms with Crippen LogP contribution in [0.4, 0.5) is 0 Å². The van der Waals surface area contributed by atoms with Gasteiger partial charge < -0.3 is 34.6 Å². The van der Waals surface area contributed by atoms with E-state index >= 15 is 0 Å². The molecule has 0 spiro atoms. The molecule has 6 atom stereocenters. The molecule has 0 radical (unpaired) electrons. The van der Waals surface area contributed by atoms with Crippen molar-refractivity contribution >= 4 is 0 Å². The first-order chi connectivity index (χ1) is 9.65. The van der Waals surface area contributed by atoms with Gasteiger partial charge >= 0.3 is 0 Å². The lowest BCUT2D eigenvalue weighted by Crippen LogP contribution is -2.59. The van der Waals surface area contributed by atoms with Crippen LogP contribution in [0.15, 0.2) is 0 Å². The molecule has 2 rings (SSSR count). The number of hydrogen-bond donors (Lipinski definition) is 4. The summed E-state index contributed by atoms with van der Waals surface area (Å²) in [6, 6.07) is 0. The van der Waals surface area contributed by atoms with E-state index in [0.29, 0.717) is 0 Å². The SMILES string of the molecule is COC(OC)C12OC([C@@H](CO)[C@H]1CO)[C@H](CO)[C@@H]2CO. The van der Waals surface area contributed by atoms with Crippen LogP contribution in [0.1, 0.15) is 0 Å². The Labute approximate surface area is 118 Å². The largest absolute Gasteiger partial charge is 0.396 e. The molecule has 7 heteroatoms. The number of hydrogen-bond acceptors (Lipinski definition) is 7. The molecule has 2 unspecified atom stereocenters. The van der Waals surface area contributed by atoms with Crippen LogP contribution in [0.25, 0.3) is 0 Å². The second kappa shape index (κ2) is 6.23. The lowest BCUT2D eigenvalue weighted by atomic mass is 9.62. The third-order valence-electron chi connectivity index (χ3n) is 4.99. The molecule has 2 saturated heterocycles. The zero-order valence-electron chi connectivity index (χ0n) is 11.8. The summed E-state index contributed by atoms with van der Waals surface area (Å²) in [6.45, 7) is -0.738. The van der Waals surface area contributed by atoms with Crippen molar-refractivity contribution in [3.8, 4) is 0 Å². The minimum Gasteiger partial charge on any atom is -0.396 e. The van der Waals surface area contributed by atoms with Gasteiger partial charge in [-0.25, -0.2) is 0 Å². The molecular weight excluding hydrogens is 268 g/mol. The van der Waals surface area contributed by atoms with Crippen molar-refractivity contribution in [3.05, 3.63) is 0 Å². The predicted octanol–water partition coefficient (Wildman–Crippen LogP) is -1.81. The van der Waals surface area contributed by atoms with Crippen LogP contribution in [-0.2, 0) is 14.2 Å². The molecule has 0 aromatic carbocycles. The molecule has 0 aromatic rings. The molecular formula is C13H24O7. The summed E-state index contributed by atoms with van der Waals surface area (Å²) < 4.78 is 16.7. The predicted molar refractivity (Wildman–Crippen MR) is 67.7 cm³/mol. The first-order valence-corrected chi connectivity index (χ1v) is 6.82. The van der Waals surface area contributed by atoms with Crippen molar-refractivity contribution in [2.24, 2.45) is 23.7 Å². The van der Waals surface area contributed by atoms with Gasteiger partial charge in [0.15, 0.2) is 6.29 Å². The maximum absolute atomic E-state index is 9.72. The van der Waals surface area contributed by atoms with E-state index in [1.807, 2.05) is 0 Å². The van der Waals surface area contributed by atoms with Crippen LogP contribution in [0.2, 0.25) is 0 Å². The van der Waals surface area contributed by atoms with Crippen molar-refractivity contribution < 1.29 is 34.6 Å². The fraction of sp³-hybridized carbons (Fsp3) is 1.00. The standard InChI is InChI=1S/C13H24O7/c1-18-12(19-2)13-9(5-16)7(3-14)11(20-13)8(4-15)10(13)6-17/h7-12,14-17H,3-6H2,1-2H3/t7-,8+,9+,10-,11?,13?. The third-order valence-corrected chi connectivity index (χ3v) is 4.99. The molecule has 4 N–H and O–H groups in total. The summed E-state index contributed by atoms with van der Waals surface area (Å²) >= 11 is 0. The van der Waals surface area contributed by atoms with Gasteiger partial charge in [0.2, 0.25) is 0 Å². The second-order valence-corrected chi connectivity index (χ2v) is 5.51. The van der Waals surface area contributed by atoms with Crippen LogP contribution in [0, 0.1) is 23.7 Å². The highest BCUT2D eigenvalue weighted by molar-refractivity contribution is 5.15. The Hall–Kier alpha value is -0.280. The van der Waals surface area contributed by atoms with E-state index in [1.165, 1.54) is 14.2 Å². The smallest absolute Gasteiger partial charge is 0.186 e. The molecule has 2 bridgehead atoms. The van der Waals surface area contributed by atoms with E-state index in [9.17, 15) is 20.4 Å². The van der Waals surface area contributed by atoms with Gasteiger partial charge in [-0.3, -0.25) is 0 Å². The molecule has 0 saturated carbocycles. The number of fused-ring (bicyclic) bond motifs is 2. The number of methoxy groups -OCH3 is 2. The first-order valence-electron chi connectivity index (χ1n) is 6.82. The molecule has 2 aliphatic heterocycles. The van der Waals surface area contributed by atoms with Gasteiger partial charge in [-0.15, -0.1) is 0 Å². The van der Waals surface area contributed by atoms with Crippen molar-refractivity contribution in [1.29, 1.82) is 0 Å². The quantitative estimate of drug-likeness (QED) is 0.410. The second-order valence-electron chi connectivity index (χ2n) is 5.51. The van der Waals surface area contributed by atoms with Crippen molar-refractivity contribution in [3.63, 3.8) is 0 Å². The fourth-order valence-electron chi connectivity index (χ4n) is 4.19. The molecule has 2 fully saturated rings. The average Bonchev–Trinajstić information content (AvgIpc) is 2.97. The number of ether oxygens (including phenoxy) is 3. The first kappa shape index (κ1) is 16.1. The molecule has 0 aromatic heterocycles. The van der Waals surface area contributed by atoms with Gasteiger partial charge in [0.05, 0.1) is 6.10 Å². The minimum atomic E-state index is -1.06. The highest BCUT2D eigenvalue weighted by Gasteiger charge is 2.71. The van der Waals surface area contributed by atoms with E-state index in [2.05, 4.69) is 0 Å². The van der Waals surface area contributed by atoms with Gasteiger partial charge in [0.25, 0.3) is 0 Å². The molecule has 0 aliphatic carbocycles. The van der Waals surface area contributed by atoms with Crippen LogP contribution >= 0.6 is 0 Å². The van der Waals surface area contributed by atoms with Crippen LogP contribution in [-0.4, -0.2) is 79.1 Å². The van der Waals surface area contributed by atoms with Crippen LogP contribution < -0.4 is 0 Å². The number of aliphatic hydroxyl groups is 4. The monoisotopic (exact) mass is 292 g/mol. The van der Waals surface area contributed by atoms with Crippen LogP contribution in [0.3, 0.4) is 0 Å². The normalized spacial score (nSPS) is 43.6. The Morgan fingerprint density at radius 3 is 1.65 bits per heavy atom. The topological polar surface area (TPSA) is 109 Å². The molecule has 0 amide bonds. The summed E-state index contributed by atoms with van der Waals surface area (Å²) in [4.78, 5) is 0. The zero-order chi connectivity index (χ0) is 14.9. The maximum atomic E-state index is 9.72. The van der Waals surface area contributed by atoms with Crippen molar-refractivity contribution in [2.75, 3.05) is 40.6 Å². The van der Waals surface area contributed by atoms with E-state index in [4.69, 9.17) is 14.2 Å². The zero-order valence-corrected chi connectivity index (χ0v) is 11.8. The lowest BCUT2D eigenvalue weighted by molar-refractivity contribution is -0.245. The van der Waals surface area contributed by atoms with Gasteiger partial charge in [-0.1, -0.05) is 0 Å². The summed E-state index contributed by atoms with van der Waals surface area (Å²) in [5.74, 6) is -1.45. The minimum absolute atomic E-state index is 0.160. The van der Waals surface area contributed by atoms with E-state index in [-0.39, 0.29) is 38.3 Å². The summed E-state index contributed by atoms with van der Waals surface area (Å²) in [7, 11) is 2.92. The Balaban J connectivity index is 2.45.